The molecule has 0 rings (SSSR count). The van der Waals surface area contributed by atoms with E-state index < -0.39 is 12.0 Å². The monoisotopic (exact) mass is 340 g/mol. The molecule has 0 aliphatic carbocycles. The summed E-state index contributed by atoms with van der Waals surface area (Å²) < 4.78 is 0. The molecule has 0 aliphatic rings. The van der Waals surface area contributed by atoms with E-state index in [4.69, 9.17) is 11.6 Å². The molecule has 0 fully saturated rings. The van der Waals surface area contributed by atoms with Gasteiger partial charge in [-0.2, -0.15) is 5.90 Å². The zero-order valence-electron chi connectivity index (χ0n) is 14.7. The summed E-state index contributed by atoms with van der Waals surface area (Å²) in [5, 5.41) is 0. The fourth-order valence-corrected chi connectivity index (χ4v) is 2.76. The number of nitrogens with two attached hydrogens (primary N) is 2. The van der Waals surface area contributed by atoms with Crippen LogP contribution < -0.4 is 11.6 Å². The van der Waals surface area contributed by atoms with E-state index in [1.54, 1.807) is 0 Å². The molecule has 0 amide bonds. The van der Waals surface area contributed by atoms with Gasteiger partial charge < -0.3 is 10.6 Å². The minimum Gasteiger partial charge on any atom is -0.372 e. The molecule has 0 aromatic heterocycles. The highest BCUT2D eigenvalue weighted by Gasteiger charge is 2.12. The summed E-state index contributed by atoms with van der Waals surface area (Å²) in [4.78, 5) is 15.1. The van der Waals surface area contributed by atoms with E-state index >= 15 is 0 Å². The average molecular weight is 341 g/mol. The molecule has 4 nitrogen and oxygen atoms in total. The number of hydrogen-bond acceptors (Lipinski definition) is 4. The second-order valence-corrected chi connectivity index (χ2v) is 6.43. The summed E-state index contributed by atoms with van der Waals surface area (Å²) in [6.45, 7) is 2.27. The van der Waals surface area contributed by atoms with Gasteiger partial charge in [-0.25, -0.2) is 4.79 Å². The maximum atomic E-state index is 11.0. The van der Waals surface area contributed by atoms with E-state index in [9.17, 15) is 4.79 Å². The lowest BCUT2D eigenvalue weighted by Crippen LogP contribution is -2.33. The molecule has 0 saturated carbocycles. The van der Waals surface area contributed by atoms with Gasteiger partial charge in [-0.05, 0) is 6.42 Å². The molecule has 0 radical (unpaired) electrons. The van der Waals surface area contributed by atoms with Crippen LogP contribution in [0.5, 0.6) is 0 Å². The van der Waals surface area contributed by atoms with Crippen molar-refractivity contribution in [3.05, 3.63) is 0 Å². The van der Waals surface area contributed by atoms with Crippen LogP contribution in [0.25, 0.3) is 0 Å². The lowest BCUT2D eigenvalue weighted by atomic mass is 10.0. The lowest BCUT2D eigenvalue weighted by molar-refractivity contribution is -0.145. The second-order valence-electron chi connectivity index (χ2n) is 6.43. The largest absolute Gasteiger partial charge is 0.372 e. The van der Waals surface area contributed by atoms with Gasteiger partial charge in [0.05, 0.1) is 0 Å². The first-order valence-corrected chi connectivity index (χ1v) is 9.38. The Morgan fingerprint density at radius 3 is 1.48 bits per heavy atom. The summed E-state index contributed by atoms with van der Waals surface area (Å²) in [5.41, 5.74) is 5.62. The van der Waals surface area contributed by atoms with Crippen LogP contribution in [-0.2, 0) is 9.63 Å². The summed E-state index contributed by atoms with van der Waals surface area (Å²) in [6, 6.07) is -0.553. The topological polar surface area (TPSA) is 78.3 Å². The van der Waals surface area contributed by atoms with E-state index in [0.29, 0.717) is 6.42 Å². The third kappa shape index (κ3) is 18.3. The van der Waals surface area contributed by atoms with Crippen molar-refractivity contribution in [3.8, 4) is 0 Å². The minimum absolute atomic E-state index is 0. The quantitative estimate of drug-likeness (QED) is 0.255. The maximum absolute atomic E-state index is 11.0. The van der Waals surface area contributed by atoms with Crippen LogP contribution in [0.3, 0.4) is 0 Å². The predicted molar refractivity (Wildman–Crippen MR) is 102 cm³/mol. The second kappa shape index (κ2) is 20.2. The molecule has 0 aromatic rings. The van der Waals surface area contributed by atoms with Gasteiger partial charge in [0.1, 0.15) is 6.04 Å². The van der Waals surface area contributed by atoms with E-state index in [1.165, 1.54) is 77.0 Å². The highest BCUT2D eigenvalue weighted by molar-refractivity contribution is 5.75. The van der Waals surface area contributed by atoms with Crippen LogP contribution in [0.4, 0.5) is 0 Å². The van der Waals surface area contributed by atoms with Gasteiger partial charge in [-0.15, -0.1) is 0 Å². The Hall–Kier alpha value is 0.156. The van der Waals surface area contributed by atoms with Crippen LogP contribution in [0.1, 0.15) is 103 Å². The van der Waals surface area contributed by atoms with Gasteiger partial charge in [0, 0.05) is 0 Å². The SMILES string of the molecule is CCCCCCCCCCCCCCCCC(N)C(=O)ON.[MgH2]. The van der Waals surface area contributed by atoms with E-state index in [0.717, 1.165) is 12.8 Å². The number of carbonyl (C=O) groups excluding carboxylic acids is 1. The summed E-state index contributed by atoms with van der Waals surface area (Å²) in [5.74, 6) is 4.29. The van der Waals surface area contributed by atoms with Crippen LogP contribution in [0.2, 0.25) is 0 Å². The highest BCUT2D eigenvalue weighted by Crippen LogP contribution is 2.13. The summed E-state index contributed by atoms with van der Waals surface area (Å²) >= 11 is 0. The Kier molecular flexibility index (Phi) is 22.3. The standard InChI is InChI=1S/C18H38N2O2.Mg.2H/c1-2-3-4-5-6-7-8-9-10-11-12-13-14-15-16-17(19)18(21)22-20;;;/h17H,2-16,19-20H2,1H3;;;. The van der Waals surface area contributed by atoms with Crippen LogP contribution >= 0.6 is 0 Å². The van der Waals surface area contributed by atoms with E-state index in [1.807, 2.05) is 0 Å². The van der Waals surface area contributed by atoms with E-state index in [2.05, 4.69) is 11.8 Å². The molecule has 0 spiro atoms. The minimum atomic E-state index is -0.553. The van der Waals surface area contributed by atoms with Crippen molar-refractivity contribution < 1.29 is 9.63 Å². The highest BCUT2D eigenvalue weighted by atomic mass is 24.3. The summed E-state index contributed by atoms with van der Waals surface area (Å²) in [6.07, 6.45) is 19.3. The molecule has 1 atom stereocenters. The molecule has 4 N–H and O–H groups in total. The van der Waals surface area contributed by atoms with Crippen molar-refractivity contribution in [1.29, 1.82) is 0 Å². The molecule has 0 bridgehead atoms. The molecular weight excluding hydrogens is 301 g/mol. The Morgan fingerprint density at radius 1 is 0.783 bits per heavy atom. The Balaban J connectivity index is 0. The van der Waals surface area contributed by atoms with Gasteiger partial charge in [0.25, 0.3) is 0 Å². The van der Waals surface area contributed by atoms with Crippen molar-refractivity contribution in [2.75, 3.05) is 0 Å². The number of hydrogen-bond donors (Lipinski definition) is 2. The van der Waals surface area contributed by atoms with E-state index in [-0.39, 0.29) is 23.1 Å². The zero-order valence-corrected chi connectivity index (χ0v) is 14.7. The molecule has 0 heterocycles. The van der Waals surface area contributed by atoms with Crippen molar-refractivity contribution in [3.63, 3.8) is 0 Å². The normalized spacial score (nSPS) is 11.8. The molecule has 5 heteroatoms. The first-order valence-electron chi connectivity index (χ1n) is 9.38. The van der Waals surface area contributed by atoms with Crippen LogP contribution in [0, 0.1) is 0 Å². The molecule has 136 valence electrons. The van der Waals surface area contributed by atoms with Gasteiger partial charge in [-0.1, -0.05) is 96.8 Å². The fourth-order valence-electron chi connectivity index (χ4n) is 2.76. The Labute approximate surface area is 159 Å². The van der Waals surface area contributed by atoms with Crippen molar-refractivity contribution >= 4 is 29.0 Å². The smallest absolute Gasteiger partial charge is 0.341 e. The van der Waals surface area contributed by atoms with Crippen molar-refractivity contribution in [2.24, 2.45) is 11.6 Å². The lowest BCUT2D eigenvalue weighted by Gasteiger charge is -2.07. The van der Waals surface area contributed by atoms with Gasteiger partial charge in [-0.3, -0.25) is 0 Å². The molecule has 0 aliphatic heterocycles. The molecule has 0 saturated heterocycles. The zero-order chi connectivity index (χ0) is 16.5. The first-order chi connectivity index (χ1) is 10.7. The van der Waals surface area contributed by atoms with Crippen molar-refractivity contribution in [2.45, 2.75) is 109 Å². The van der Waals surface area contributed by atoms with Crippen molar-refractivity contribution in [1.82, 2.24) is 0 Å². The number of rotatable bonds is 16. The van der Waals surface area contributed by atoms with Gasteiger partial charge >= 0.3 is 29.0 Å². The van der Waals surface area contributed by atoms with Gasteiger partial charge in [0.2, 0.25) is 0 Å². The molecule has 23 heavy (non-hydrogen) atoms. The molecule has 0 aromatic carbocycles. The Bertz CT molecular complexity index is 253. The third-order valence-corrected chi connectivity index (χ3v) is 4.29. The number of unbranched alkanes of at least 4 members (excludes halogenated alkanes) is 13. The molecular formula is C18H40MgN2O2. The Morgan fingerprint density at radius 2 is 1.13 bits per heavy atom. The predicted octanol–water partition coefficient (Wildman–Crippen LogP) is 3.69. The maximum Gasteiger partial charge on any atom is 0.341 e. The first kappa shape index (κ1) is 25.4. The number of carbonyl (C=O) groups is 1. The average Bonchev–Trinajstić information content (AvgIpc) is 2.54. The van der Waals surface area contributed by atoms with Crippen LogP contribution in [-0.4, -0.2) is 35.1 Å². The van der Waals surface area contributed by atoms with Crippen LogP contribution in [0.15, 0.2) is 0 Å². The summed E-state index contributed by atoms with van der Waals surface area (Å²) in [7, 11) is 0. The fraction of sp³-hybridized carbons (Fsp3) is 0.944. The third-order valence-electron chi connectivity index (χ3n) is 4.29. The van der Waals surface area contributed by atoms with Gasteiger partial charge in [0.15, 0.2) is 0 Å². The molecule has 1 unspecified atom stereocenters.